The molecular formula is C17H12F2O3. The fourth-order valence-corrected chi connectivity index (χ4v) is 2.27. The molecule has 0 radical (unpaired) electrons. The Morgan fingerprint density at radius 2 is 1.82 bits per heavy atom. The third-order valence-corrected chi connectivity index (χ3v) is 3.27. The van der Waals surface area contributed by atoms with Gasteiger partial charge in [-0.3, -0.25) is 4.79 Å². The highest BCUT2D eigenvalue weighted by Gasteiger charge is 2.23. The van der Waals surface area contributed by atoms with Crippen LogP contribution in [0.5, 0.6) is 11.5 Å². The Kier molecular flexibility index (Phi) is 3.87. The second-order valence-electron chi connectivity index (χ2n) is 4.70. The molecule has 2 aromatic rings. The molecule has 22 heavy (non-hydrogen) atoms. The summed E-state index contributed by atoms with van der Waals surface area (Å²) in [5.74, 6) is 0.382. The predicted molar refractivity (Wildman–Crippen MR) is 77.3 cm³/mol. The number of hydrogen-bond acceptors (Lipinski definition) is 3. The Hall–Kier alpha value is -2.69. The lowest BCUT2D eigenvalue weighted by Crippen LogP contribution is -2.18. The molecule has 1 aliphatic rings. The molecule has 3 rings (SSSR count). The van der Waals surface area contributed by atoms with E-state index in [1.165, 1.54) is 12.1 Å². The first kappa shape index (κ1) is 14.3. The van der Waals surface area contributed by atoms with Gasteiger partial charge in [0.25, 0.3) is 0 Å². The van der Waals surface area contributed by atoms with Gasteiger partial charge in [-0.15, -0.1) is 0 Å². The Morgan fingerprint density at radius 3 is 2.64 bits per heavy atom. The van der Waals surface area contributed by atoms with Gasteiger partial charge in [0.05, 0.1) is 5.56 Å². The lowest BCUT2D eigenvalue weighted by Gasteiger charge is -2.18. The van der Waals surface area contributed by atoms with Gasteiger partial charge < -0.3 is 9.47 Å². The summed E-state index contributed by atoms with van der Waals surface area (Å²) >= 11 is 0. The van der Waals surface area contributed by atoms with E-state index in [-0.39, 0.29) is 18.1 Å². The van der Waals surface area contributed by atoms with Gasteiger partial charge in [0, 0.05) is 11.1 Å². The molecule has 0 N–H and O–H groups in total. The molecule has 0 spiro atoms. The van der Waals surface area contributed by atoms with Gasteiger partial charge >= 0.3 is 6.61 Å². The van der Waals surface area contributed by atoms with Crippen LogP contribution in [-0.2, 0) is 0 Å². The maximum absolute atomic E-state index is 12.4. The van der Waals surface area contributed by atoms with Gasteiger partial charge in [-0.05, 0) is 24.3 Å². The van der Waals surface area contributed by atoms with Crippen LogP contribution >= 0.6 is 0 Å². The van der Waals surface area contributed by atoms with Crippen LogP contribution < -0.4 is 9.47 Å². The molecule has 0 amide bonds. The van der Waals surface area contributed by atoms with E-state index in [4.69, 9.17) is 4.74 Å². The SMILES string of the molecule is O=C1/C(=C\c2ccccc2OC(F)F)COc2ccccc21. The Bertz CT molecular complexity index is 738. The minimum atomic E-state index is -2.92. The first-order valence-electron chi connectivity index (χ1n) is 6.66. The van der Waals surface area contributed by atoms with Crippen LogP contribution in [-0.4, -0.2) is 19.0 Å². The molecule has 0 aliphatic carbocycles. The second kappa shape index (κ2) is 5.97. The summed E-state index contributed by atoms with van der Waals surface area (Å²) in [6.45, 7) is -2.82. The van der Waals surface area contributed by atoms with Gasteiger partial charge in [0.1, 0.15) is 18.1 Å². The number of ketones is 1. The molecule has 1 aliphatic heterocycles. The van der Waals surface area contributed by atoms with Crippen LogP contribution in [0.4, 0.5) is 8.78 Å². The van der Waals surface area contributed by atoms with E-state index in [1.54, 1.807) is 42.5 Å². The molecule has 5 heteroatoms. The lowest BCUT2D eigenvalue weighted by molar-refractivity contribution is -0.0499. The van der Waals surface area contributed by atoms with Crippen molar-refractivity contribution in [3.63, 3.8) is 0 Å². The summed E-state index contributed by atoms with van der Waals surface area (Å²) in [6.07, 6.45) is 1.52. The van der Waals surface area contributed by atoms with E-state index in [9.17, 15) is 13.6 Å². The zero-order chi connectivity index (χ0) is 15.5. The van der Waals surface area contributed by atoms with Crippen LogP contribution in [0.1, 0.15) is 15.9 Å². The Balaban J connectivity index is 1.96. The number of fused-ring (bicyclic) bond motifs is 1. The van der Waals surface area contributed by atoms with Crippen molar-refractivity contribution in [1.29, 1.82) is 0 Å². The van der Waals surface area contributed by atoms with Crippen molar-refractivity contribution >= 4 is 11.9 Å². The first-order valence-corrected chi connectivity index (χ1v) is 6.66. The Morgan fingerprint density at radius 1 is 1.09 bits per heavy atom. The number of carbonyl (C=O) groups excluding carboxylic acids is 1. The third kappa shape index (κ3) is 2.83. The largest absolute Gasteiger partial charge is 0.488 e. The monoisotopic (exact) mass is 302 g/mol. The van der Waals surface area contributed by atoms with E-state index in [0.29, 0.717) is 22.4 Å². The normalized spacial score (nSPS) is 15.6. The highest BCUT2D eigenvalue weighted by atomic mass is 19.3. The van der Waals surface area contributed by atoms with Gasteiger partial charge in [-0.1, -0.05) is 30.3 Å². The molecule has 0 fully saturated rings. The number of hydrogen-bond donors (Lipinski definition) is 0. The molecule has 112 valence electrons. The maximum Gasteiger partial charge on any atom is 0.387 e. The van der Waals surface area contributed by atoms with Crippen LogP contribution in [0.25, 0.3) is 6.08 Å². The van der Waals surface area contributed by atoms with Crippen molar-refractivity contribution in [3.8, 4) is 11.5 Å². The van der Waals surface area contributed by atoms with Crippen molar-refractivity contribution in [3.05, 3.63) is 65.2 Å². The van der Waals surface area contributed by atoms with Crippen LogP contribution in [0, 0.1) is 0 Å². The molecule has 0 atom stereocenters. The minimum Gasteiger partial charge on any atom is -0.488 e. The number of Topliss-reactive ketones (excluding diaryl/α,β-unsaturated/α-hetero) is 1. The number of para-hydroxylation sites is 2. The first-order chi connectivity index (χ1) is 10.6. The van der Waals surface area contributed by atoms with E-state index in [1.807, 2.05) is 0 Å². The van der Waals surface area contributed by atoms with E-state index in [2.05, 4.69) is 4.74 Å². The number of ether oxygens (including phenoxy) is 2. The summed E-state index contributed by atoms with van der Waals surface area (Å²) in [6, 6.07) is 13.2. The zero-order valence-electron chi connectivity index (χ0n) is 11.5. The van der Waals surface area contributed by atoms with Gasteiger partial charge in [0.2, 0.25) is 0 Å². The summed E-state index contributed by atoms with van der Waals surface area (Å²) in [7, 11) is 0. The molecule has 0 saturated heterocycles. The zero-order valence-corrected chi connectivity index (χ0v) is 11.5. The van der Waals surface area contributed by atoms with Crippen LogP contribution in [0.2, 0.25) is 0 Å². The second-order valence-corrected chi connectivity index (χ2v) is 4.70. The predicted octanol–water partition coefficient (Wildman–Crippen LogP) is 3.95. The van der Waals surface area contributed by atoms with Crippen LogP contribution in [0.3, 0.4) is 0 Å². The molecule has 0 unspecified atom stereocenters. The minimum absolute atomic E-state index is 0.0247. The standard InChI is InChI=1S/C17H12F2O3/c18-17(19)22-14-7-3-1-5-11(14)9-12-10-21-15-8-4-2-6-13(15)16(12)20/h1-9,17H,10H2/b12-9-. The summed E-state index contributed by atoms with van der Waals surface area (Å²) in [5, 5.41) is 0. The third-order valence-electron chi connectivity index (χ3n) is 3.27. The number of halogens is 2. The number of alkyl halides is 2. The average Bonchev–Trinajstić information content (AvgIpc) is 2.51. The highest BCUT2D eigenvalue weighted by molar-refractivity contribution is 6.14. The maximum atomic E-state index is 12.4. The fourth-order valence-electron chi connectivity index (χ4n) is 2.27. The molecule has 0 bridgehead atoms. The smallest absolute Gasteiger partial charge is 0.387 e. The van der Waals surface area contributed by atoms with Crippen molar-refractivity contribution in [2.45, 2.75) is 6.61 Å². The molecule has 2 aromatic carbocycles. The summed E-state index contributed by atoms with van der Waals surface area (Å²) in [5.41, 5.74) is 1.27. The van der Waals surface area contributed by atoms with Crippen molar-refractivity contribution in [2.75, 3.05) is 6.61 Å². The van der Waals surface area contributed by atoms with Gasteiger partial charge in [0.15, 0.2) is 5.78 Å². The fraction of sp³-hybridized carbons (Fsp3) is 0.118. The van der Waals surface area contributed by atoms with Crippen molar-refractivity contribution in [1.82, 2.24) is 0 Å². The highest BCUT2D eigenvalue weighted by Crippen LogP contribution is 2.29. The Labute approximate surface area is 125 Å². The quantitative estimate of drug-likeness (QED) is 0.805. The number of rotatable bonds is 3. The summed E-state index contributed by atoms with van der Waals surface area (Å²) in [4.78, 5) is 12.4. The molecule has 3 nitrogen and oxygen atoms in total. The number of carbonyl (C=O) groups is 1. The summed E-state index contributed by atoms with van der Waals surface area (Å²) < 4.78 is 34.8. The molecule has 0 aromatic heterocycles. The van der Waals surface area contributed by atoms with Gasteiger partial charge in [-0.25, -0.2) is 0 Å². The van der Waals surface area contributed by atoms with Gasteiger partial charge in [-0.2, -0.15) is 8.78 Å². The molecular weight excluding hydrogens is 290 g/mol. The van der Waals surface area contributed by atoms with Crippen LogP contribution in [0.15, 0.2) is 54.1 Å². The van der Waals surface area contributed by atoms with E-state index < -0.39 is 6.61 Å². The molecule has 0 saturated carbocycles. The topological polar surface area (TPSA) is 35.5 Å². The molecule has 1 heterocycles. The van der Waals surface area contributed by atoms with Crippen molar-refractivity contribution < 1.29 is 23.0 Å². The number of benzene rings is 2. The average molecular weight is 302 g/mol. The lowest BCUT2D eigenvalue weighted by atomic mass is 9.98. The van der Waals surface area contributed by atoms with E-state index >= 15 is 0 Å². The van der Waals surface area contributed by atoms with Crippen molar-refractivity contribution in [2.24, 2.45) is 0 Å². The van der Waals surface area contributed by atoms with E-state index in [0.717, 1.165) is 0 Å².